The number of anilines is 3. The number of amides is 3. The Bertz CT molecular complexity index is 1090. The Morgan fingerprint density at radius 1 is 1.21 bits per heavy atom. The van der Waals surface area contributed by atoms with E-state index in [0.29, 0.717) is 11.4 Å². The summed E-state index contributed by atoms with van der Waals surface area (Å²) in [5, 5.41) is 7.19. The van der Waals surface area contributed by atoms with E-state index >= 15 is 0 Å². The maximum atomic E-state index is 14.3. The van der Waals surface area contributed by atoms with E-state index in [-0.39, 0.29) is 35.7 Å². The Kier molecular flexibility index (Phi) is 6.89. The van der Waals surface area contributed by atoms with Crippen LogP contribution in [0.2, 0.25) is 0 Å². The number of nitrogens with one attached hydrogen (secondary N) is 3. The van der Waals surface area contributed by atoms with Crippen LogP contribution in [0.1, 0.15) is 29.3 Å². The van der Waals surface area contributed by atoms with Gasteiger partial charge < -0.3 is 20.9 Å². The van der Waals surface area contributed by atoms with Crippen LogP contribution in [0.5, 0.6) is 0 Å². The first-order valence-corrected chi connectivity index (χ1v) is 10.1. The van der Waals surface area contributed by atoms with E-state index in [4.69, 9.17) is 0 Å². The molecule has 33 heavy (non-hydrogen) atoms. The maximum absolute atomic E-state index is 14.3. The summed E-state index contributed by atoms with van der Waals surface area (Å²) in [5.74, 6) is -2.57. The minimum absolute atomic E-state index is 0.0724. The van der Waals surface area contributed by atoms with Crippen molar-refractivity contribution in [1.82, 2.24) is 5.32 Å². The number of hydrogen-bond donors (Lipinski definition) is 3. The summed E-state index contributed by atoms with van der Waals surface area (Å²) in [4.78, 5) is 38.6. The average molecular weight is 466 g/mol. The zero-order chi connectivity index (χ0) is 24.3. The zero-order valence-electron chi connectivity index (χ0n) is 17.8. The van der Waals surface area contributed by atoms with Crippen LogP contribution in [0.25, 0.3) is 0 Å². The van der Waals surface area contributed by atoms with Crippen molar-refractivity contribution in [2.75, 3.05) is 28.6 Å². The van der Waals surface area contributed by atoms with Crippen LogP contribution < -0.4 is 20.9 Å². The Morgan fingerprint density at radius 3 is 2.61 bits per heavy atom. The molecule has 176 valence electrons. The molecule has 0 saturated heterocycles. The normalized spacial score (nSPS) is 15.9. The smallest absolute Gasteiger partial charge is 0.376 e. The van der Waals surface area contributed by atoms with Gasteiger partial charge in [0.15, 0.2) is 0 Å². The number of nitrogens with zero attached hydrogens (tertiary/aromatic N) is 1. The number of alkyl halides is 3. The number of rotatable bonds is 5. The maximum Gasteiger partial charge on any atom is 0.405 e. The Labute approximate surface area is 187 Å². The molecule has 1 unspecified atom stereocenters. The summed E-state index contributed by atoms with van der Waals surface area (Å²) in [5.41, 5.74) is 0.846. The van der Waals surface area contributed by atoms with E-state index in [1.165, 1.54) is 17.9 Å². The summed E-state index contributed by atoms with van der Waals surface area (Å²) in [6, 6.07) is 8.35. The van der Waals surface area contributed by atoms with Crippen LogP contribution in [0.15, 0.2) is 36.4 Å². The van der Waals surface area contributed by atoms with Crippen molar-refractivity contribution in [1.29, 1.82) is 0 Å². The predicted octanol–water partition coefficient (Wildman–Crippen LogP) is 3.60. The first kappa shape index (κ1) is 24.0. The lowest BCUT2D eigenvalue weighted by Crippen LogP contribution is -2.42. The van der Waals surface area contributed by atoms with Crippen LogP contribution in [0.3, 0.4) is 0 Å². The van der Waals surface area contributed by atoms with Crippen molar-refractivity contribution in [3.05, 3.63) is 53.3 Å². The molecule has 2 aromatic carbocycles. The highest BCUT2D eigenvalue weighted by molar-refractivity contribution is 6.05. The van der Waals surface area contributed by atoms with E-state index < -0.39 is 36.4 Å². The highest BCUT2D eigenvalue weighted by Crippen LogP contribution is 2.31. The van der Waals surface area contributed by atoms with Crippen molar-refractivity contribution in [3.8, 4) is 0 Å². The van der Waals surface area contributed by atoms with Gasteiger partial charge in [0.05, 0.1) is 17.9 Å². The third-order valence-electron chi connectivity index (χ3n) is 5.11. The number of benzene rings is 2. The van der Waals surface area contributed by atoms with Crippen LogP contribution in [-0.2, 0) is 9.59 Å². The highest BCUT2D eigenvalue weighted by Gasteiger charge is 2.30. The molecule has 7 nitrogen and oxygen atoms in total. The van der Waals surface area contributed by atoms with Crippen molar-refractivity contribution in [3.63, 3.8) is 0 Å². The van der Waals surface area contributed by atoms with Crippen molar-refractivity contribution >= 4 is 34.8 Å². The molecule has 1 heterocycles. The van der Waals surface area contributed by atoms with E-state index in [2.05, 4.69) is 10.6 Å². The number of halogens is 4. The fourth-order valence-corrected chi connectivity index (χ4v) is 3.50. The molecule has 0 fully saturated rings. The molecule has 2 aromatic rings. The second kappa shape index (κ2) is 9.47. The first-order chi connectivity index (χ1) is 15.5. The van der Waals surface area contributed by atoms with Gasteiger partial charge in [0.1, 0.15) is 12.4 Å². The first-order valence-electron chi connectivity index (χ1n) is 10.1. The quantitative estimate of drug-likeness (QED) is 0.588. The topological polar surface area (TPSA) is 90.5 Å². The second-order valence-electron chi connectivity index (χ2n) is 7.66. The lowest BCUT2D eigenvalue weighted by atomic mass is 10.1. The summed E-state index contributed by atoms with van der Waals surface area (Å²) >= 11 is 0. The van der Waals surface area contributed by atoms with E-state index in [1.54, 1.807) is 36.5 Å². The summed E-state index contributed by atoms with van der Waals surface area (Å²) in [6.07, 6.45) is -4.54. The molecular formula is C22H22F4N4O3. The van der Waals surface area contributed by atoms with Gasteiger partial charge in [-0.15, -0.1) is 0 Å². The van der Waals surface area contributed by atoms with E-state index in [1.807, 2.05) is 0 Å². The number of hydrogen-bond acceptors (Lipinski definition) is 4. The monoisotopic (exact) mass is 466 g/mol. The number of fused-ring (bicyclic) bond motifs is 1. The molecule has 3 N–H and O–H groups in total. The van der Waals surface area contributed by atoms with Crippen molar-refractivity contribution in [2.24, 2.45) is 0 Å². The predicted molar refractivity (Wildman–Crippen MR) is 115 cm³/mol. The largest absolute Gasteiger partial charge is 0.405 e. The molecule has 3 amide bonds. The standard InChI is InChI=1S/C22H22F4N4O3/c1-12-7-19(31)29-16-5-3-4-6-18(16)30(12)20(32)10-27-17-9-14(8-15(23)13(17)2)21(33)28-11-22(24,25)26/h3-6,8-9,12,27H,7,10-11H2,1-2H3,(H,28,33)(H,29,31). The molecule has 0 aliphatic carbocycles. The highest BCUT2D eigenvalue weighted by atomic mass is 19.4. The SMILES string of the molecule is Cc1c(F)cc(C(=O)NCC(F)(F)F)cc1NCC(=O)N1c2ccccc2NC(=O)CC1C. The second-order valence-corrected chi connectivity index (χ2v) is 7.66. The van der Waals surface area contributed by atoms with Gasteiger partial charge in [-0.05, 0) is 38.1 Å². The summed E-state index contributed by atoms with van der Waals surface area (Å²) < 4.78 is 51.4. The van der Waals surface area contributed by atoms with Crippen LogP contribution >= 0.6 is 0 Å². The Hall–Kier alpha value is -3.63. The lowest BCUT2D eigenvalue weighted by Gasteiger charge is -2.28. The average Bonchev–Trinajstić information content (AvgIpc) is 2.86. The molecule has 0 saturated carbocycles. The van der Waals surface area contributed by atoms with Crippen molar-refractivity contribution < 1.29 is 31.9 Å². The van der Waals surface area contributed by atoms with Crippen molar-refractivity contribution in [2.45, 2.75) is 32.5 Å². The van der Waals surface area contributed by atoms with Crippen LogP contribution in [0, 0.1) is 12.7 Å². The lowest BCUT2D eigenvalue weighted by molar-refractivity contribution is -0.123. The molecule has 0 aromatic heterocycles. The van der Waals surface area contributed by atoms with Crippen LogP contribution in [0.4, 0.5) is 34.6 Å². The van der Waals surface area contributed by atoms with Gasteiger partial charge in [0.2, 0.25) is 11.8 Å². The number of carbonyl (C=O) groups excluding carboxylic acids is 3. The molecule has 0 spiro atoms. The van der Waals surface area contributed by atoms with E-state index in [0.717, 1.165) is 6.07 Å². The molecule has 11 heteroatoms. The molecule has 1 aliphatic rings. The molecule has 0 radical (unpaired) electrons. The van der Waals surface area contributed by atoms with Gasteiger partial charge in [0, 0.05) is 29.3 Å². The number of para-hydroxylation sites is 2. The fraction of sp³-hybridized carbons (Fsp3) is 0.318. The molecule has 1 aliphatic heterocycles. The third-order valence-corrected chi connectivity index (χ3v) is 5.11. The Balaban J connectivity index is 1.79. The molecular weight excluding hydrogens is 444 g/mol. The van der Waals surface area contributed by atoms with Gasteiger partial charge in [-0.1, -0.05) is 12.1 Å². The molecule has 0 bridgehead atoms. The van der Waals surface area contributed by atoms with Gasteiger partial charge in [0.25, 0.3) is 5.91 Å². The molecule has 1 atom stereocenters. The Morgan fingerprint density at radius 2 is 1.91 bits per heavy atom. The minimum Gasteiger partial charge on any atom is -0.376 e. The van der Waals surface area contributed by atoms with Crippen LogP contribution in [-0.4, -0.2) is 43.0 Å². The minimum atomic E-state index is -4.61. The number of carbonyl (C=O) groups is 3. The van der Waals surface area contributed by atoms with E-state index in [9.17, 15) is 31.9 Å². The van der Waals surface area contributed by atoms with Gasteiger partial charge in [-0.3, -0.25) is 14.4 Å². The van der Waals surface area contributed by atoms with Gasteiger partial charge in [-0.2, -0.15) is 13.2 Å². The van der Waals surface area contributed by atoms with Gasteiger partial charge in [-0.25, -0.2) is 4.39 Å². The van der Waals surface area contributed by atoms with Gasteiger partial charge >= 0.3 is 6.18 Å². The summed E-state index contributed by atoms with van der Waals surface area (Å²) in [6.45, 7) is 1.27. The fourth-order valence-electron chi connectivity index (χ4n) is 3.50. The zero-order valence-corrected chi connectivity index (χ0v) is 17.8. The molecule has 3 rings (SSSR count). The summed E-state index contributed by atoms with van der Waals surface area (Å²) in [7, 11) is 0. The third kappa shape index (κ3) is 5.79.